The monoisotopic (exact) mass is 352 g/mol. The second kappa shape index (κ2) is 6.50. The van der Waals surface area contributed by atoms with E-state index in [1.165, 1.54) is 19.6 Å². The first-order valence-corrected chi connectivity index (χ1v) is 9.05. The summed E-state index contributed by atoms with van der Waals surface area (Å²) in [6.45, 7) is 0. The molecule has 0 aromatic carbocycles. The third-order valence-electron chi connectivity index (χ3n) is 4.19. The molecule has 0 amide bonds. The van der Waals surface area contributed by atoms with Crippen LogP contribution < -0.4 is 9.46 Å². The van der Waals surface area contributed by atoms with E-state index in [-0.39, 0.29) is 17.0 Å². The van der Waals surface area contributed by atoms with E-state index < -0.39 is 16.1 Å². The van der Waals surface area contributed by atoms with Crippen molar-refractivity contribution in [3.8, 4) is 5.88 Å². The van der Waals surface area contributed by atoms with Crippen molar-refractivity contribution in [3.63, 3.8) is 0 Å². The number of nitrogens with zero attached hydrogens (tertiary/aromatic N) is 3. The van der Waals surface area contributed by atoms with Crippen molar-refractivity contribution in [1.29, 1.82) is 0 Å². The maximum atomic E-state index is 12.6. The summed E-state index contributed by atoms with van der Waals surface area (Å²) in [5.41, 5.74) is 0.729. The molecule has 0 radical (unpaired) electrons. The van der Waals surface area contributed by atoms with Crippen LogP contribution in [0.2, 0.25) is 0 Å². The van der Waals surface area contributed by atoms with Crippen LogP contribution in [-0.2, 0) is 17.1 Å². The summed E-state index contributed by atoms with van der Waals surface area (Å²) in [5, 5.41) is 9.56. The number of aryl methyl sites for hydroxylation is 1. The first-order valence-electron chi connectivity index (χ1n) is 7.57. The minimum Gasteiger partial charge on any atom is -0.481 e. The van der Waals surface area contributed by atoms with Gasteiger partial charge in [-0.3, -0.25) is 0 Å². The van der Waals surface area contributed by atoms with Gasteiger partial charge in [-0.25, -0.2) is 23.1 Å². The van der Waals surface area contributed by atoms with E-state index in [0.29, 0.717) is 18.7 Å². The number of aliphatic hydroxyl groups excluding tert-OH is 1. The number of pyridine rings is 1. The molecule has 8 nitrogen and oxygen atoms in total. The molecule has 0 saturated heterocycles. The first-order chi connectivity index (χ1) is 11.4. The van der Waals surface area contributed by atoms with E-state index in [1.807, 2.05) is 0 Å². The Morgan fingerprint density at radius 3 is 2.62 bits per heavy atom. The standard InChI is InChI=1S/C15H20N4O4S/c1-19-8-14(17-9-19)24(21,22)18-15(11-5-12(20)6-11)10-3-4-13(23-2)16-7-10/h3-4,7-9,11-12,15,18,20H,5-6H2,1-2H3/t11?,12?,15-/m0/s1. The molecule has 1 atom stereocenters. The number of nitrogens with one attached hydrogen (secondary N) is 1. The summed E-state index contributed by atoms with van der Waals surface area (Å²) in [7, 11) is -0.537. The zero-order chi connectivity index (χ0) is 17.3. The lowest BCUT2D eigenvalue weighted by Gasteiger charge is -2.37. The van der Waals surface area contributed by atoms with Gasteiger partial charge in [0.2, 0.25) is 5.88 Å². The van der Waals surface area contributed by atoms with E-state index >= 15 is 0 Å². The van der Waals surface area contributed by atoms with Gasteiger partial charge in [0.15, 0.2) is 5.03 Å². The molecule has 0 spiro atoms. The maximum Gasteiger partial charge on any atom is 0.260 e. The van der Waals surface area contributed by atoms with Crippen LogP contribution in [0.4, 0.5) is 0 Å². The number of aromatic nitrogens is 3. The fourth-order valence-corrected chi connectivity index (χ4v) is 4.06. The Kier molecular flexibility index (Phi) is 4.57. The number of aliphatic hydroxyl groups is 1. The number of hydrogen-bond acceptors (Lipinski definition) is 6. The van der Waals surface area contributed by atoms with Gasteiger partial charge in [-0.15, -0.1) is 0 Å². The maximum absolute atomic E-state index is 12.6. The fraction of sp³-hybridized carbons (Fsp3) is 0.467. The fourth-order valence-electron chi connectivity index (χ4n) is 2.79. The van der Waals surface area contributed by atoms with E-state index in [4.69, 9.17) is 4.74 Å². The van der Waals surface area contributed by atoms with Crippen LogP contribution in [0.3, 0.4) is 0 Å². The molecule has 9 heteroatoms. The summed E-state index contributed by atoms with van der Waals surface area (Å²) in [4.78, 5) is 8.05. The quantitative estimate of drug-likeness (QED) is 0.789. The van der Waals surface area contributed by atoms with Gasteiger partial charge < -0.3 is 14.4 Å². The highest BCUT2D eigenvalue weighted by Gasteiger charge is 2.37. The SMILES string of the molecule is COc1ccc([C@H](NS(=O)(=O)c2cn(C)cn2)C2CC(O)C2)cn1. The number of hydrogen-bond donors (Lipinski definition) is 2. The number of ether oxygens (including phenoxy) is 1. The summed E-state index contributed by atoms with van der Waals surface area (Å²) < 4.78 is 34.5. The lowest BCUT2D eigenvalue weighted by atomic mass is 9.76. The molecule has 2 aromatic heterocycles. The van der Waals surface area contributed by atoms with Gasteiger partial charge in [-0.05, 0) is 24.3 Å². The van der Waals surface area contributed by atoms with E-state index in [1.54, 1.807) is 29.9 Å². The number of imidazole rings is 1. The molecule has 2 aromatic rings. The second-order valence-corrected chi connectivity index (χ2v) is 7.66. The normalized spacial score (nSPS) is 22.0. The van der Waals surface area contributed by atoms with Crippen LogP contribution >= 0.6 is 0 Å². The topological polar surface area (TPSA) is 106 Å². The van der Waals surface area contributed by atoms with Crippen molar-refractivity contribution < 1.29 is 18.3 Å². The number of methoxy groups -OCH3 is 1. The summed E-state index contributed by atoms with van der Waals surface area (Å²) in [6, 6.07) is 2.99. The minimum absolute atomic E-state index is 0.00804. The molecule has 130 valence electrons. The van der Waals surface area contributed by atoms with E-state index in [0.717, 1.165) is 5.56 Å². The summed E-state index contributed by atoms with van der Waals surface area (Å²) in [6.07, 6.45) is 5.17. The van der Waals surface area contributed by atoms with Crippen molar-refractivity contribution in [2.24, 2.45) is 13.0 Å². The van der Waals surface area contributed by atoms with Gasteiger partial charge in [0.25, 0.3) is 10.0 Å². The zero-order valence-corrected chi connectivity index (χ0v) is 14.3. The Hall–Kier alpha value is -1.97. The highest BCUT2D eigenvalue weighted by Crippen LogP contribution is 2.38. The first kappa shape index (κ1) is 16.9. The van der Waals surface area contributed by atoms with Gasteiger partial charge in [0.05, 0.1) is 25.6 Å². The van der Waals surface area contributed by atoms with Gasteiger partial charge in [-0.2, -0.15) is 0 Å². The molecule has 3 rings (SSSR count). The predicted molar refractivity (Wildman–Crippen MR) is 85.8 cm³/mol. The van der Waals surface area contributed by atoms with Gasteiger partial charge in [0, 0.05) is 25.5 Å². The van der Waals surface area contributed by atoms with Crippen LogP contribution in [0.25, 0.3) is 0 Å². The molecular formula is C15H20N4O4S. The summed E-state index contributed by atoms with van der Waals surface area (Å²) in [5.74, 6) is 0.465. The van der Waals surface area contributed by atoms with Crippen LogP contribution in [0.15, 0.2) is 35.9 Å². The number of rotatable bonds is 6. The van der Waals surface area contributed by atoms with Crippen molar-refractivity contribution in [2.45, 2.75) is 30.0 Å². The van der Waals surface area contributed by atoms with Crippen molar-refractivity contribution in [1.82, 2.24) is 19.3 Å². The molecule has 1 saturated carbocycles. The van der Waals surface area contributed by atoms with Crippen LogP contribution in [0.5, 0.6) is 5.88 Å². The lowest BCUT2D eigenvalue weighted by Crippen LogP contribution is -2.41. The van der Waals surface area contributed by atoms with Crippen LogP contribution in [0, 0.1) is 5.92 Å². The second-order valence-electron chi connectivity index (χ2n) is 6.00. The smallest absolute Gasteiger partial charge is 0.260 e. The van der Waals surface area contributed by atoms with Crippen LogP contribution in [-0.4, -0.2) is 41.3 Å². The molecule has 1 aliphatic rings. The Balaban J connectivity index is 1.87. The Morgan fingerprint density at radius 1 is 1.38 bits per heavy atom. The lowest BCUT2D eigenvalue weighted by molar-refractivity contribution is 0.0279. The molecular weight excluding hydrogens is 332 g/mol. The average Bonchev–Trinajstić information content (AvgIpc) is 2.97. The third-order valence-corrected chi connectivity index (χ3v) is 5.51. The predicted octanol–water partition coefficient (Wildman–Crippen LogP) is 0.614. The summed E-state index contributed by atoms with van der Waals surface area (Å²) >= 11 is 0. The molecule has 24 heavy (non-hydrogen) atoms. The minimum atomic E-state index is -3.76. The van der Waals surface area contributed by atoms with Crippen molar-refractivity contribution >= 4 is 10.0 Å². The average molecular weight is 352 g/mol. The Morgan fingerprint density at radius 2 is 2.12 bits per heavy atom. The zero-order valence-electron chi connectivity index (χ0n) is 13.5. The number of sulfonamides is 1. The molecule has 1 fully saturated rings. The highest BCUT2D eigenvalue weighted by molar-refractivity contribution is 7.89. The van der Waals surface area contributed by atoms with E-state index in [9.17, 15) is 13.5 Å². The molecule has 2 heterocycles. The van der Waals surface area contributed by atoms with Gasteiger partial charge >= 0.3 is 0 Å². The van der Waals surface area contributed by atoms with Crippen LogP contribution in [0.1, 0.15) is 24.4 Å². The third kappa shape index (κ3) is 3.42. The molecule has 0 bridgehead atoms. The van der Waals surface area contributed by atoms with Crippen molar-refractivity contribution in [2.75, 3.05) is 7.11 Å². The van der Waals surface area contributed by atoms with Gasteiger partial charge in [0.1, 0.15) is 0 Å². The Labute approximate surface area is 140 Å². The van der Waals surface area contributed by atoms with E-state index in [2.05, 4.69) is 14.7 Å². The molecule has 1 aliphatic carbocycles. The molecule has 0 unspecified atom stereocenters. The highest BCUT2D eigenvalue weighted by atomic mass is 32.2. The van der Waals surface area contributed by atoms with Crippen molar-refractivity contribution in [3.05, 3.63) is 36.4 Å². The molecule has 2 N–H and O–H groups in total. The Bertz CT molecular complexity index is 797. The molecule has 0 aliphatic heterocycles. The largest absolute Gasteiger partial charge is 0.481 e. The van der Waals surface area contributed by atoms with Gasteiger partial charge in [-0.1, -0.05) is 6.07 Å².